The Morgan fingerprint density at radius 1 is 1.26 bits per heavy atom. The number of hydrogen-bond acceptors (Lipinski definition) is 4. The highest BCUT2D eigenvalue weighted by atomic mass is 16.5. The maximum Gasteiger partial charge on any atom is 0.338 e. The van der Waals surface area contributed by atoms with Crippen molar-refractivity contribution >= 4 is 23.5 Å². The summed E-state index contributed by atoms with van der Waals surface area (Å²) in [5.41, 5.74) is 0.693. The number of nitrogens with zero attached hydrogens (tertiary/aromatic N) is 1. The maximum atomic E-state index is 11.6. The van der Waals surface area contributed by atoms with Crippen molar-refractivity contribution in [2.45, 2.75) is 19.8 Å². The summed E-state index contributed by atoms with van der Waals surface area (Å²) in [6, 6.07) is 6.31. The van der Waals surface area contributed by atoms with Gasteiger partial charge < -0.3 is 4.74 Å². The molecule has 98 valence electrons. The van der Waals surface area contributed by atoms with Gasteiger partial charge in [0, 0.05) is 24.5 Å². The minimum Gasteiger partial charge on any atom is -0.423 e. The Hall–Kier alpha value is -2.43. The van der Waals surface area contributed by atoms with Crippen LogP contribution in [0.1, 0.15) is 19.8 Å². The van der Waals surface area contributed by atoms with Gasteiger partial charge in [0.15, 0.2) is 0 Å². The molecular weight excluding hydrogens is 246 g/mol. The normalized spacial score (nSPS) is 14.7. The van der Waals surface area contributed by atoms with Crippen LogP contribution in [0.25, 0.3) is 0 Å². The second-order valence-corrected chi connectivity index (χ2v) is 4.29. The highest BCUT2D eigenvalue weighted by Gasteiger charge is 2.30. The number of carbonyl (C=O) groups is 3. The standard InChI is InChI=1S/C14H13NO4/c1-9(2)14(18)19-11-5-3-4-10(8-11)15-12(16)6-7-13(15)17/h3-5,8H,1,6-7H2,2H3. The van der Waals surface area contributed by atoms with Gasteiger partial charge in [-0.05, 0) is 19.1 Å². The van der Waals surface area contributed by atoms with Crippen molar-refractivity contribution in [1.82, 2.24) is 0 Å². The highest BCUT2D eigenvalue weighted by molar-refractivity contribution is 6.19. The summed E-state index contributed by atoms with van der Waals surface area (Å²) in [7, 11) is 0. The van der Waals surface area contributed by atoms with Crippen LogP contribution in [0.4, 0.5) is 5.69 Å². The Balaban J connectivity index is 2.24. The minimum atomic E-state index is -0.545. The first-order valence-corrected chi connectivity index (χ1v) is 5.82. The van der Waals surface area contributed by atoms with Gasteiger partial charge >= 0.3 is 5.97 Å². The molecule has 0 aliphatic carbocycles. The lowest BCUT2D eigenvalue weighted by Crippen LogP contribution is -2.28. The summed E-state index contributed by atoms with van der Waals surface area (Å²) in [6.07, 6.45) is 0.434. The zero-order valence-corrected chi connectivity index (χ0v) is 10.5. The molecule has 0 unspecified atom stereocenters. The van der Waals surface area contributed by atoms with Crippen molar-refractivity contribution in [2.24, 2.45) is 0 Å². The van der Waals surface area contributed by atoms with Crippen LogP contribution in [0.5, 0.6) is 5.75 Å². The molecule has 0 spiro atoms. The second-order valence-electron chi connectivity index (χ2n) is 4.29. The highest BCUT2D eigenvalue weighted by Crippen LogP contribution is 2.26. The van der Waals surface area contributed by atoms with Crippen molar-refractivity contribution in [3.05, 3.63) is 36.4 Å². The van der Waals surface area contributed by atoms with E-state index >= 15 is 0 Å². The summed E-state index contributed by atoms with van der Waals surface area (Å²) in [4.78, 5) is 35.7. The van der Waals surface area contributed by atoms with E-state index in [0.29, 0.717) is 5.69 Å². The summed E-state index contributed by atoms with van der Waals surface area (Å²) in [5.74, 6) is -0.754. The van der Waals surface area contributed by atoms with Gasteiger partial charge in [-0.15, -0.1) is 0 Å². The first kappa shape index (κ1) is 13.0. The minimum absolute atomic E-state index is 0.217. The van der Waals surface area contributed by atoms with E-state index in [1.165, 1.54) is 6.07 Å². The lowest BCUT2D eigenvalue weighted by Gasteiger charge is -2.14. The van der Waals surface area contributed by atoms with E-state index in [1.807, 2.05) is 0 Å². The molecule has 5 nitrogen and oxygen atoms in total. The van der Waals surface area contributed by atoms with E-state index in [2.05, 4.69) is 6.58 Å². The van der Waals surface area contributed by atoms with Gasteiger partial charge in [-0.2, -0.15) is 0 Å². The maximum absolute atomic E-state index is 11.6. The fraction of sp³-hybridized carbons (Fsp3) is 0.214. The first-order valence-electron chi connectivity index (χ1n) is 5.82. The SMILES string of the molecule is C=C(C)C(=O)Oc1cccc(N2C(=O)CCC2=O)c1. The second kappa shape index (κ2) is 5.06. The van der Waals surface area contributed by atoms with E-state index in [-0.39, 0.29) is 36.0 Å². The molecule has 2 rings (SSSR count). The van der Waals surface area contributed by atoms with Crippen LogP contribution in [0.3, 0.4) is 0 Å². The Labute approximate surface area is 110 Å². The van der Waals surface area contributed by atoms with Crippen LogP contribution in [0.2, 0.25) is 0 Å². The van der Waals surface area contributed by atoms with E-state index < -0.39 is 5.97 Å². The van der Waals surface area contributed by atoms with Crippen LogP contribution < -0.4 is 9.64 Å². The van der Waals surface area contributed by atoms with E-state index in [0.717, 1.165) is 4.90 Å². The van der Waals surface area contributed by atoms with E-state index in [1.54, 1.807) is 25.1 Å². The Bertz CT molecular complexity index is 561. The van der Waals surface area contributed by atoms with Crippen LogP contribution >= 0.6 is 0 Å². The topological polar surface area (TPSA) is 63.7 Å². The van der Waals surface area contributed by atoms with Crippen LogP contribution in [-0.4, -0.2) is 17.8 Å². The largest absolute Gasteiger partial charge is 0.423 e. The van der Waals surface area contributed by atoms with Gasteiger partial charge in [-0.25, -0.2) is 4.79 Å². The lowest BCUT2D eigenvalue weighted by molar-refractivity contribution is -0.130. The zero-order valence-electron chi connectivity index (χ0n) is 10.5. The molecule has 1 aromatic rings. The first-order chi connectivity index (χ1) is 8.99. The van der Waals surface area contributed by atoms with Crippen molar-refractivity contribution in [3.8, 4) is 5.75 Å². The number of esters is 1. The Morgan fingerprint density at radius 2 is 1.89 bits per heavy atom. The Kier molecular flexibility index (Phi) is 3.46. The summed E-state index contributed by atoms with van der Waals surface area (Å²) < 4.78 is 5.06. The van der Waals surface area contributed by atoms with Gasteiger partial charge in [0.2, 0.25) is 11.8 Å². The molecule has 1 aliphatic heterocycles. The molecule has 0 saturated carbocycles. The fourth-order valence-corrected chi connectivity index (χ4v) is 1.74. The molecule has 1 aliphatic rings. The number of carbonyl (C=O) groups excluding carboxylic acids is 3. The number of amides is 2. The smallest absolute Gasteiger partial charge is 0.338 e. The number of ether oxygens (including phenoxy) is 1. The zero-order chi connectivity index (χ0) is 14.0. The molecule has 0 aromatic heterocycles. The fourth-order valence-electron chi connectivity index (χ4n) is 1.74. The number of imide groups is 1. The van der Waals surface area contributed by atoms with Gasteiger partial charge in [-0.3, -0.25) is 14.5 Å². The number of benzene rings is 1. The van der Waals surface area contributed by atoms with Crippen LogP contribution in [0, 0.1) is 0 Å². The summed E-state index contributed by atoms with van der Waals surface area (Å²) in [5, 5.41) is 0. The quantitative estimate of drug-likeness (QED) is 0.359. The van der Waals surface area contributed by atoms with Crippen LogP contribution in [0.15, 0.2) is 36.4 Å². The van der Waals surface area contributed by atoms with Crippen molar-refractivity contribution in [2.75, 3.05) is 4.90 Å². The van der Waals surface area contributed by atoms with Crippen LogP contribution in [-0.2, 0) is 14.4 Å². The molecule has 5 heteroatoms. The third kappa shape index (κ3) is 2.70. The Morgan fingerprint density at radius 3 is 2.47 bits per heavy atom. The number of rotatable bonds is 3. The molecule has 0 N–H and O–H groups in total. The molecule has 1 saturated heterocycles. The van der Waals surface area contributed by atoms with Crippen molar-refractivity contribution in [3.63, 3.8) is 0 Å². The molecule has 1 heterocycles. The van der Waals surface area contributed by atoms with Crippen molar-refractivity contribution in [1.29, 1.82) is 0 Å². The lowest BCUT2D eigenvalue weighted by atomic mass is 10.2. The number of anilines is 1. The van der Waals surface area contributed by atoms with Crippen molar-refractivity contribution < 1.29 is 19.1 Å². The van der Waals surface area contributed by atoms with Gasteiger partial charge in [0.05, 0.1) is 5.69 Å². The molecule has 19 heavy (non-hydrogen) atoms. The predicted molar refractivity (Wildman–Crippen MR) is 68.6 cm³/mol. The van der Waals surface area contributed by atoms with E-state index in [9.17, 15) is 14.4 Å². The van der Waals surface area contributed by atoms with Gasteiger partial charge in [0.1, 0.15) is 5.75 Å². The van der Waals surface area contributed by atoms with E-state index in [4.69, 9.17) is 4.74 Å². The summed E-state index contributed by atoms with van der Waals surface area (Å²) in [6.45, 7) is 5.02. The summed E-state index contributed by atoms with van der Waals surface area (Å²) >= 11 is 0. The average molecular weight is 259 g/mol. The monoisotopic (exact) mass is 259 g/mol. The molecule has 2 amide bonds. The molecule has 0 radical (unpaired) electrons. The molecule has 0 atom stereocenters. The predicted octanol–water partition coefficient (Wildman–Crippen LogP) is 1.82. The molecular formula is C14H13NO4. The number of hydrogen-bond donors (Lipinski definition) is 0. The average Bonchev–Trinajstić information content (AvgIpc) is 2.69. The third-order valence-electron chi connectivity index (χ3n) is 2.69. The molecule has 1 aromatic carbocycles. The molecule has 1 fully saturated rings. The van der Waals surface area contributed by atoms with Gasteiger partial charge in [-0.1, -0.05) is 12.6 Å². The molecule has 0 bridgehead atoms. The van der Waals surface area contributed by atoms with Gasteiger partial charge in [0.25, 0.3) is 0 Å². The third-order valence-corrected chi connectivity index (χ3v) is 2.69.